The van der Waals surface area contributed by atoms with Gasteiger partial charge in [0.1, 0.15) is 5.82 Å². The second kappa shape index (κ2) is 7.50. The molecule has 0 aliphatic rings. The number of amides is 1. The Morgan fingerprint density at radius 2 is 1.82 bits per heavy atom. The van der Waals surface area contributed by atoms with E-state index in [9.17, 15) is 4.79 Å². The average molecular weight is 432 g/mol. The Labute approximate surface area is 175 Å². The summed E-state index contributed by atoms with van der Waals surface area (Å²) in [6.07, 6.45) is 3.45. The molecule has 0 radical (unpaired) electrons. The molecule has 0 aliphatic carbocycles. The van der Waals surface area contributed by atoms with Crippen LogP contribution >= 0.6 is 35.0 Å². The topological polar surface area (TPSA) is 64.7 Å². The van der Waals surface area contributed by atoms with Crippen LogP contribution in [0.5, 0.6) is 0 Å². The number of imidazole rings is 2. The molecule has 142 valence electrons. The maximum Gasteiger partial charge on any atom is 0.291 e. The summed E-state index contributed by atoms with van der Waals surface area (Å²) in [6.45, 7) is 0. The van der Waals surface area contributed by atoms with Crippen molar-refractivity contribution in [2.45, 2.75) is 5.16 Å². The number of benzene rings is 2. The van der Waals surface area contributed by atoms with Crippen LogP contribution in [0.1, 0.15) is 0 Å². The van der Waals surface area contributed by atoms with Crippen molar-refractivity contribution >= 4 is 56.9 Å². The molecular weight excluding hydrogens is 417 g/mol. The van der Waals surface area contributed by atoms with Gasteiger partial charge in [-0.05, 0) is 36.4 Å². The molecule has 1 N–H and O–H groups in total. The van der Waals surface area contributed by atoms with Gasteiger partial charge in [-0.25, -0.2) is 9.97 Å². The van der Waals surface area contributed by atoms with Gasteiger partial charge in [0.15, 0.2) is 5.16 Å². The molecule has 1 amide bonds. The first-order valence-electron chi connectivity index (χ1n) is 8.30. The fraction of sp³-hybridized carbons (Fsp3) is 0.105. The van der Waals surface area contributed by atoms with E-state index in [-0.39, 0.29) is 5.24 Å². The summed E-state index contributed by atoms with van der Waals surface area (Å²) >= 11 is 13.3. The van der Waals surface area contributed by atoms with Gasteiger partial charge in [-0.3, -0.25) is 4.79 Å². The van der Waals surface area contributed by atoms with Crippen molar-refractivity contribution < 1.29 is 4.79 Å². The molecular formula is C19H15Cl2N5OS. The van der Waals surface area contributed by atoms with Gasteiger partial charge in [-0.2, -0.15) is 0 Å². The lowest BCUT2D eigenvalue weighted by Gasteiger charge is -2.07. The third-order valence-corrected chi connectivity index (χ3v) is 5.86. The van der Waals surface area contributed by atoms with Crippen molar-refractivity contribution in [3.8, 4) is 11.4 Å². The van der Waals surface area contributed by atoms with Crippen molar-refractivity contribution in [2.75, 3.05) is 5.32 Å². The number of halogens is 2. The molecule has 0 atom stereocenters. The number of aryl methyl sites for hydroxylation is 2. The van der Waals surface area contributed by atoms with Crippen LogP contribution in [-0.2, 0) is 14.1 Å². The Bertz CT molecular complexity index is 1180. The largest absolute Gasteiger partial charge is 0.329 e. The number of hydrogen-bond donors (Lipinski definition) is 1. The van der Waals surface area contributed by atoms with Gasteiger partial charge in [0.25, 0.3) is 5.24 Å². The molecule has 0 aliphatic heterocycles. The molecule has 9 heteroatoms. The molecule has 0 saturated carbocycles. The zero-order valence-corrected chi connectivity index (χ0v) is 17.3. The summed E-state index contributed by atoms with van der Waals surface area (Å²) in [5, 5.41) is 4.25. The van der Waals surface area contributed by atoms with Gasteiger partial charge < -0.3 is 14.5 Å². The lowest BCUT2D eigenvalue weighted by Crippen LogP contribution is -2.06. The second-order valence-corrected chi connectivity index (χ2v) is 7.92. The summed E-state index contributed by atoms with van der Waals surface area (Å²) < 4.78 is 3.75. The molecule has 2 aromatic heterocycles. The Morgan fingerprint density at radius 3 is 2.50 bits per heavy atom. The number of anilines is 1. The highest BCUT2D eigenvalue weighted by atomic mass is 35.5. The zero-order valence-electron chi connectivity index (χ0n) is 15.0. The molecule has 0 bridgehead atoms. The number of rotatable bonds is 3. The van der Waals surface area contributed by atoms with E-state index >= 15 is 0 Å². The van der Waals surface area contributed by atoms with Gasteiger partial charge in [-0.1, -0.05) is 23.2 Å². The van der Waals surface area contributed by atoms with E-state index in [0.29, 0.717) is 20.9 Å². The Kier molecular flexibility index (Phi) is 5.05. The molecule has 0 fully saturated rings. The predicted molar refractivity (Wildman–Crippen MR) is 114 cm³/mol. The Hall–Kier alpha value is -2.48. The van der Waals surface area contributed by atoms with E-state index in [0.717, 1.165) is 34.2 Å². The second-order valence-electron chi connectivity index (χ2n) is 6.16. The van der Waals surface area contributed by atoms with Crippen LogP contribution in [-0.4, -0.2) is 24.3 Å². The predicted octanol–water partition coefficient (Wildman–Crippen LogP) is 5.60. The first-order chi connectivity index (χ1) is 13.4. The van der Waals surface area contributed by atoms with Crippen molar-refractivity contribution in [3.05, 3.63) is 58.8 Å². The minimum absolute atomic E-state index is 0.200. The highest BCUT2D eigenvalue weighted by Crippen LogP contribution is 2.31. The molecule has 0 unspecified atom stereocenters. The number of nitrogens with one attached hydrogen (secondary N) is 1. The Balaban J connectivity index is 1.55. The van der Waals surface area contributed by atoms with Crippen molar-refractivity contribution in [1.82, 2.24) is 19.1 Å². The lowest BCUT2D eigenvalue weighted by atomic mass is 10.2. The highest BCUT2D eigenvalue weighted by Gasteiger charge is 2.13. The van der Waals surface area contributed by atoms with Crippen LogP contribution in [0.4, 0.5) is 10.5 Å². The number of thioether (sulfide) groups is 1. The van der Waals surface area contributed by atoms with Crippen LogP contribution in [0, 0.1) is 0 Å². The lowest BCUT2D eigenvalue weighted by molar-refractivity contribution is 0.269. The third kappa shape index (κ3) is 3.61. The fourth-order valence-electron chi connectivity index (χ4n) is 2.82. The van der Waals surface area contributed by atoms with E-state index < -0.39 is 0 Å². The van der Waals surface area contributed by atoms with Gasteiger partial charge in [0, 0.05) is 49.5 Å². The molecule has 4 aromatic rings. The van der Waals surface area contributed by atoms with Crippen LogP contribution < -0.4 is 5.32 Å². The van der Waals surface area contributed by atoms with Crippen LogP contribution in [0.3, 0.4) is 0 Å². The first kappa shape index (κ1) is 18.9. The minimum atomic E-state index is -0.200. The van der Waals surface area contributed by atoms with Crippen molar-refractivity contribution in [1.29, 1.82) is 0 Å². The summed E-state index contributed by atoms with van der Waals surface area (Å²) in [6, 6.07) is 11.1. The Morgan fingerprint density at radius 1 is 1.11 bits per heavy atom. The molecule has 4 rings (SSSR count). The van der Waals surface area contributed by atoms with Crippen molar-refractivity contribution in [2.24, 2.45) is 14.1 Å². The molecule has 28 heavy (non-hydrogen) atoms. The first-order valence-corrected chi connectivity index (χ1v) is 9.87. The van der Waals surface area contributed by atoms with Crippen LogP contribution in [0.25, 0.3) is 22.4 Å². The molecule has 6 nitrogen and oxygen atoms in total. The van der Waals surface area contributed by atoms with E-state index in [1.807, 2.05) is 42.9 Å². The fourth-order valence-corrected chi connectivity index (χ4v) is 3.79. The quantitative estimate of drug-likeness (QED) is 0.428. The van der Waals surface area contributed by atoms with E-state index in [4.69, 9.17) is 23.2 Å². The molecule has 2 aromatic carbocycles. The number of carbonyl (C=O) groups excluding carboxylic acids is 1. The maximum absolute atomic E-state index is 12.2. The average Bonchev–Trinajstić information content (AvgIpc) is 3.20. The van der Waals surface area contributed by atoms with Gasteiger partial charge >= 0.3 is 0 Å². The van der Waals surface area contributed by atoms with Gasteiger partial charge in [0.2, 0.25) is 0 Å². The molecule has 0 saturated heterocycles. The number of aromatic nitrogens is 4. The minimum Gasteiger partial charge on any atom is -0.329 e. The van der Waals surface area contributed by atoms with Crippen LogP contribution in [0.15, 0.2) is 53.9 Å². The third-order valence-electron chi connectivity index (χ3n) is 4.27. The van der Waals surface area contributed by atoms with E-state index in [2.05, 4.69) is 15.3 Å². The monoisotopic (exact) mass is 431 g/mol. The van der Waals surface area contributed by atoms with Crippen LogP contribution in [0.2, 0.25) is 10.0 Å². The summed E-state index contributed by atoms with van der Waals surface area (Å²) in [5.41, 5.74) is 3.28. The molecule has 0 spiro atoms. The summed E-state index contributed by atoms with van der Waals surface area (Å²) in [5.74, 6) is 0.786. The summed E-state index contributed by atoms with van der Waals surface area (Å²) in [4.78, 5) is 21.0. The maximum atomic E-state index is 12.2. The van der Waals surface area contributed by atoms with E-state index in [1.165, 1.54) is 0 Å². The number of hydrogen-bond acceptors (Lipinski definition) is 4. The van der Waals surface area contributed by atoms with Crippen molar-refractivity contribution in [3.63, 3.8) is 0 Å². The number of carbonyl (C=O) groups is 1. The van der Waals surface area contributed by atoms with E-state index in [1.54, 1.807) is 29.1 Å². The van der Waals surface area contributed by atoms with Gasteiger partial charge in [-0.15, -0.1) is 0 Å². The number of nitrogens with zero attached hydrogens (tertiary/aromatic N) is 4. The number of fused-ring (bicyclic) bond motifs is 1. The SMILES string of the molecule is Cn1ccnc1SC(=O)Nc1ccc(-c2nc3cc(Cl)c(Cl)cc3n2C)cc1. The summed E-state index contributed by atoms with van der Waals surface area (Å²) in [7, 11) is 3.77. The highest BCUT2D eigenvalue weighted by molar-refractivity contribution is 8.13. The zero-order chi connectivity index (χ0) is 19.8. The molecule has 2 heterocycles. The standard InChI is InChI=1S/C19H15Cl2N5OS/c1-25-8-7-22-18(25)28-19(27)23-12-5-3-11(4-6-12)17-24-15-9-13(20)14(21)10-16(15)26(17)2/h3-10H,1-2H3,(H,23,27). The smallest absolute Gasteiger partial charge is 0.291 e. The van der Waals surface area contributed by atoms with Gasteiger partial charge in [0.05, 0.1) is 21.1 Å². The normalized spacial score (nSPS) is 11.1.